The number of rotatable bonds is 9. The van der Waals surface area contributed by atoms with E-state index in [0.29, 0.717) is 6.54 Å². The first-order valence-corrected chi connectivity index (χ1v) is 6.74. The highest BCUT2D eigenvalue weighted by molar-refractivity contribution is 6.60. The van der Waals surface area contributed by atoms with Crippen molar-refractivity contribution in [1.82, 2.24) is 5.32 Å². The van der Waals surface area contributed by atoms with Gasteiger partial charge in [-0.2, -0.15) is 0 Å². The molecule has 5 nitrogen and oxygen atoms in total. The van der Waals surface area contributed by atoms with Crippen molar-refractivity contribution in [3.05, 3.63) is 0 Å². The lowest BCUT2D eigenvalue weighted by molar-refractivity contribution is 0.123. The van der Waals surface area contributed by atoms with Gasteiger partial charge in [0.15, 0.2) is 0 Å². The summed E-state index contributed by atoms with van der Waals surface area (Å²) in [5.41, 5.74) is 5.37. The minimum atomic E-state index is -2.37. The van der Waals surface area contributed by atoms with Crippen LogP contribution in [0.1, 0.15) is 6.42 Å². The zero-order chi connectivity index (χ0) is 10.9. The molecule has 0 aromatic rings. The van der Waals surface area contributed by atoms with E-state index in [0.717, 1.165) is 25.6 Å². The Balaban J connectivity index is 3.61. The Bertz CT molecular complexity index is 125. The monoisotopic (exact) mass is 222 g/mol. The van der Waals surface area contributed by atoms with Crippen LogP contribution >= 0.6 is 0 Å². The average Bonchev–Trinajstić information content (AvgIpc) is 2.24. The van der Waals surface area contributed by atoms with Crippen LogP contribution in [0.2, 0.25) is 6.04 Å². The van der Waals surface area contributed by atoms with Gasteiger partial charge in [0.2, 0.25) is 0 Å². The summed E-state index contributed by atoms with van der Waals surface area (Å²) in [4.78, 5) is 0. The molecule has 0 aliphatic rings. The van der Waals surface area contributed by atoms with Gasteiger partial charge in [-0.3, -0.25) is 0 Å². The molecule has 0 saturated heterocycles. The van der Waals surface area contributed by atoms with E-state index in [2.05, 4.69) is 5.32 Å². The second-order valence-electron chi connectivity index (χ2n) is 2.94. The van der Waals surface area contributed by atoms with E-state index in [-0.39, 0.29) is 0 Å². The summed E-state index contributed by atoms with van der Waals surface area (Å²) in [6.45, 7) is 2.48. The minimum Gasteiger partial charge on any atom is -0.377 e. The molecule has 3 N–H and O–H groups in total. The first kappa shape index (κ1) is 14.0. The molecule has 0 saturated carbocycles. The lowest BCUT2D eigenvalue weighted by Gasteiger charge is -2.24. The van der Waals surface area contributed by atoms with Crippen molar-refractivity contribution in [2.24, 2.45) is 5.73 Å². The molecule has 86 valence electrons. The van der Waals surface area contributed by atoms with Gasteiger partial charge in [0.05, 0.1) is 0 Å². The van der Waals surface area contributed by atoms with Crippen LogP contribution < -0.4 is 11.1 Å². The quantitative estimate of drug-likeness (QED) is 0.418. The fourth-order valence-electron chi connectivity index (χ4n) is 1.15. The van der Waals surface area contributed by atoms with Crippen LogP contribution in [0, 0.1) is 0 Å². The molecule has 0 spiro atoms. The maximum Gasteiger partial charge on any atom is 0.501 e. The van der Waals surface area contributed by atoms with Gasteiger partial charge in [0, 0.05) is 27.4 Å². The van der Waals surface area contributed by atoms with Crippen LogP contribution in [-0.2, 0) is 13.3 Å². The van der Waals surface area contributed by atoms with Gasteiger partial charge in [0.25, 0.3) is 0 Å². The summed E-state index contributed by atoms with van der Waals surface area (Å²) in [6, 6.07) is 0.779. The highest BCUT2D eigenvalue weighted by Crippen LogP contribution is 2.10. The lowest BCUT2D eigenvalue weighted by atomic mass is 10.4. The summed E-state index contributed by atoms with van der Waals surface area (Å²) in [7, 11) is 2.50. The van der Waals surface area contributed by atoms with Gasteiger partial charge in [-0.25, -0.2) is 0 Å². The third kappa shape index (κ3) is 5.04. The Labute approximate surface area is 87.3 Å². The molecule has 6 heteroatoms. The van der Waals surface area contributed by atoms with E-state index in [1.165, 1.54) is 0 Å². The maximum atomic E-state index is 5.37. The molecule has 0 unspecified atom stereocenters. The van der Waals surface area contributed by atoms with E-state index in [1.807, 2.05) is 0 Å². The lowest BCUT2D eigenvalue weighted by Crippen LogP contribution is -2.45. The average molecular weight is 222 g/mol. The molecule has 0 atom stereocenters. The van der Waals surface area contributed by atoms with Crippen LogP contribution in [0.3, 0.4) is 0 Å². The van der Waals surface area contributed by atoms with Crippen molar-refractivity contribution in [3.8, 4) is 0 Å². The van der Waals surface area contributed by atoms with E-state index >= 15 is 0 Å². The molecule has 0 aromatic carbocycles. The van der Waals surface area contributed by atoms with Crippen LogP contribution in [0.4, 0.5) is 0 Å². The molecule has 0 bridgehead atoms. The van der Waals surface area contributed by atoms with Gasteiger partial charge in [0.1, 0.15) is 0 Å². The van der Waals surface area contributed by atoms with E-state index in [1.54, 1.807) is 21.3 Å². The molecule has 0 fully saturated rings. The summed E-state index contributed by atoms with van der Waals surface area (Å²) >= 11 is 0. The molecular weight excluding hydrogens is 200 g/mol. The molecule has 0 aliphatic heterocycles. The predicted molar refractivity (Wildman–Crippen MR) is 58.1 cm³/mol. The van der Waals surface area contributed by atoms with Crippen LogP contribution in [0.15, 0.2) is 0 Å². The molecule has 0 aromatic heterocycles. The van der Waals surface area contributed by atoms with Crippen LogP contribution in [-0.4, -0.2) is 49.8 Å². The van der Waals surface area contributed by atoms with Crippen molar-refractivity contribution >= 4 is 8.80 Å². The molecule has 0 rings (SSSR count). The van der Waals surface area contributed by atoms with E-state index in [9.17, 15) is 0 Å². The van der Waals surface area contributed by atoms with Crippen LogP contribution in [0.25, 0.3) is 0 Å². The normalized spacial score (nSPS) is 12.0. The third-order valence-electron chi connectivity index (χ3n) is 2.10. The van der Waals surface area contributed by atoms with Gasteiger partial charge < -0.3 is 24.3 Å². The summed E-state index contributed by atoms with van der Waals surface area (Å²) in [6.07, 6.45) is 0.988. The zero-order valence-corrected chi connectivity index (χ0v) is 10.3. The second kappa shape index (κ2) is 8.34. The van der Waals surface area contributed by atoms with E-state index in [4.69, 9.17) is 19.0 Å². The molecule has 14 heavy (non-hydrogen) atoms. The van der Waals surface area contributed by atoms with Gasteiger partial charge >= 0.3 is 8.80 Å². The summed E-state index contributed by atoms with van der Waals surface area (Å²) in [5, 5.41) is 3.26. The standard InChI is InChI=1S/C8H22N2O3Si/c1-11-14(12-2,13-3)8-7-10-6-4-5-9/h10H,4-9H2,1-3H3. The van der Waals surface area contributed by atoms with Crippen molar-refractivity contribution in [2.75, 3.05) is 41.0 Å². The van der Waals surface area contributed by atoms with Crippen molar-refractivity contribution in [1.29, 1.82) is 0 Å². The second-order valence-corrected chi connectivity index (χ2v) is 6.03. The van der Waals surface area contributed by atoms with E-state index < -0.39 is 8.80 Å². The molecule has 0 amide bonds. The SMILES string of the molecule is CO[Si](CCNCCCN)(OC)OC. The topological polar surface area (TPSA) is 65.7 Å². The smallest absolute Gasteiger partial charge is 0.377 e. The Hall–Kier alpha value is 0.0169. The summed E-state index contributed by atoms with van der Waals surface area (Å²) < 4.78 is 15.8. The number of nitrogens with one attached hydrogen (secondary N) is 1. The molecular formula is C8H22N2O3Si. The molecule has 0 radical (unpaired) electrons. The van der Waals surface area contributed by atoms with Gasteiger partial charge in [-0.15, -0.1) is 0 Å². The number of hydrogen-bond acceptors (Lipinski definition) is 5. The highest BCUT2D eigenvalue weighted by Gasteiger charge is 2.36. The highest BCUT2D eigenvalue weighted by atomic mass is 28.4. The van der Waals surface area contributed by atoms with Crippen molar-refractivity contribution in [2.45, 2.75) is 12.5 Å². The largest absolute Gasteiger partial charge is 0.501 e. The number of hydrogen-bond donors (Lipinski definition) is 2. The fraction of sp³-hybridized carbons (Fsp3) is 1.00. The van der Waals surface area contributed by atoms with Gasteiger partial charge in [-0.1, -0.05) is 0 Å². The molecule has 0 aliphatic carbocycles. The third-order valence-corrected chi connectivity index (χ3v) is 4.83. The predicted octanol–water partition coefficient (Wildman–Crippen LogP) is -0.197. The zero-order valence-electron chi connectivity index (χ0n) is 9.34. The molecule has 0 heterocycles. The van der Waals surface area contributed by atoms with Gasteiger partial charge in [-0.05, 0) is 26.1 Å². The Morgan fingerprint density at radius 3 is 2.07 bits per heavy atom. The Morgan fingerprint density at radius 1 is 1.07 bits per heavy atom. The minimum absolute atomic E-state index is 0.717. The van der Waals surface area contributed by atoms with Crippen molar-refractivity contribution < 1.29 is 13.3 Å². The fourth-order valence-corrected chi connectivity index (χ4v) is 2.75. The Kier molecular flexibility index (Phi) is 8.35. The van der Waals surface area contributed by atoms with Crippen LogP contribution in [0.5, 0.6) is 0 Å². The summed E-state index contributed by atoms with van der Waals surface area (Å²) in [5.74, 6) is 0. The van der Waals surface area contributed by atoms with Crippen molar-refractivity contribution in [3.63, 3.8) is 0 Å². The first-order chi connectivity index (χ1) is 6.74. The Morgan fingerprint density at radius 2 is 1.64 bits per heavy atom. The maximum absolute atomic E-state index is 5.37. The first-order valence-electron chi connectivity index (χ1n) is 4.81. The number of nitrogens with two attached hydrogens (primary N) is 1.